The number of carbonyl (C=O) groups is 1. The van der Waals surface area contributed by atoms with Crippen molar-refractivity contribution in [2.24, 2.45) is 0 Å². The quantitative estimate of drug-likeness (QED) is 0.889. The standard InChI is InChI=1S/C15H13N3O2/c1-10-7-11(8-16)4-5-12(10)9-18-15(20)14-13(19)3-2-6-17-14/h2-7,19H,9H2,1H3,(H,18,20). The zero-order valence-electron chi connectivity index (χ0n) is 10.9. The van der Waals surface area contributed by atoms with Gasteiger partial charge in [0, 0.05) is 12.7 Å². The van der Waals surface area contributed by atoms with Crippen LogP contribution in [0, 0.1) is 18.3 Å². The van der Waals surface area contributed by atoms with E-state index >= 15 is 0 Å². The van der Waals surface area contributed by atoms with Crippen molar-refractivity contribution in [3.8, 4) is 11.8 Å². The average molecular weight is 267 g/mol. The lowest BCUT2D eigenvalue weighted by Crippen LogP contribution is -2.24. The normalized spacial score (nSPS) is 9.80. The molecule has 100 valence electrons. The molecule has 0 atom stereocenters. The largest absolute Gasteiger partial charge is 0.505 e. The SMILES string of the molecule is Cc1cc(C#N)ccc1CNC(=O)c1ncccc1O. The van der Waals surface area contributed by atoms with E-state index in [2.05, 4.69) is 16.4 Å². The Balaban J connectivity index is 2.08. The first-order valence-electron chi connectivity index (χ1n) is 6.03. The van der Waals surface area contributed by atoms with Gasteiger partial charge in [0.1, 0.15) is 5.75 Å². The van der Waals surface area contributed by atoms with Gasteiger partial charge in [0.25, 0.3) is 5.91 Å². The fourth-order valence-corrected chi connectivity index (χ4v) is 1.79. The Hall–Kier alpha value is -2.87. The Labute approximate surface area is 116 Å². The molecule has 1 aromatic heterocycles. The highest BCUT2D eigenvalue weighted by Crippen LogP contribution is 2.13. The van der Waals surface area contributed by atoms with Gasteiger partial charge >= 0.3 is 0 Å². The number of aryl methyl sites for hydroxylation is 1. The molecule has 0 saturated heterocycles. The van der Waals surface area contributed by atoms with Gasteiger partial charge in [0.15, 0.2) is 5.69 Å². The van der Waals surface area contributed by atoms with Crippen LogP contribution >= 0.6 is 0 Å². The number of amides is 1. The number of carbonyl (C=O) groups excluding carboxylic acids is 1. The second kappa shape index (κ2) is 5.85. The molecule has 0 bridgehead atoms. The van der Waals surface area contributed by atoms with Gasteiger partial charge in [0.05, 0.1) is 11.6 Å². The van der Waals surface area contributed by atoms with Gasteiger partial charge in [-0.25, -0.2) is 4.98 Å². The molecule has 0 spiro atoms. The highest BCUT2D eigenvalue weighted by atomic mass is 16.3. The summed E-state index contributed by atoms with van der Waals surface area (Å²) in [4.78, 5) is 15.7. The van der Waals surface area contributed by atoms with E-state index in [-0.39, 0.29) is 11.4 Å². The van der Waals surface area contributed by atoms with Gasteiger partial charge in [0.2, 0.25) is 0 Å². The molecule has 1 amide bonds. The van der Waals surface area contributed by atoms with Crippen molar-refractivity contribution in [1.82, 2.24) is 10.3 Å². The third-order valence-electron chi connectivity index (χ3n) is 2.91. The minimum absolute atomic E-state index is 0.00111. The molecule has 1 heterocycles. The van der Waals surface area contributed by atoms with Crippen LogP contribution in [0.2, 0.25) is 0 Å². The first-order chi connectivity index (χ1) is 9.61. The lowest BCUT2D eigenvalue weighted by atomic mass is 10.1. The molecule has 0 radical (unpaired) electrons. The minimum Gasteiger partial charge on any atom is -0.505 e. The number of hydrogen-bond donors (Lipinski definition) is 2. The van der Waals surface area contributed by atoms with Crippen LogP contribution in [-0.2, 0) is 6.54 Å². The van der Waals surface area contributed by atoms with E-state index in [4.69, 9.17) is 5.26 Å². The summed E-state index contributed by atoms with van der Waals surface area (Å²) in [7, 11) is 0. The lowest BCUT2D eigenvalue weighted by molar-refractivity contribution is 0.0943. The fourth-order valence-electron chi connectivity index (χ4n) is 1.79. The summed E-state index contributed by atoms with van der Waals surface area (Å²) in [5.74, 6) is -0.589. The van der Waals surface area contributed by atoms with Gasteiger partial charge in [-0.2, -0.15) is 5.26 Å². The number of benzene rings is 1. The summed E-state index contributed by atoms with van der Waals surface area (Å²) < 4.78 is 0. The third kappa shape index (κ3) is 2.93. The van der Waals surface area contributed by atoms with Crippen LogP contribution in [0.25, 0.3) is 0 Å². The molecule has 1 aromatic carbocycles. The number of pyridine rings is 1. The maximum absolute atomic E-state index is 11.9. The van der Waals surface area contributed by atoms with E-state index in [0.717, 1.165) is 11.1 Å². The minimum atomic E-state index is -0.438. The van der Waals surface area contributed by atoms with Crippen molar-refractivity contribution in [3.63, 3.8) is 0 Å². The number of aromatic hydroxyl groups is 1. The molecular formula is C15H13N3O2. The molecule has 5 nitrogen and oxygen atoms in total. The van der Waals surface area contributed by atoms with Crippen LogP contribution in [0.5, 0.6) is 5.75 Å². The molecular weight excluding hydrogens is 254 g/mol. The van der Waals surface area contributed by atoms with Crippen LogP contribution in [0.3, 0.4) is 0 Å². The van der Waals surface area contributed by atoms with Gasteiger partial charge < -0.3 is 10.4 Å². The Morgan fingerprint density at radius 1 is 1.45 bits per heavy atom. The summed E-state index contributed by atoms with van der Waals surface area (Å²) in [6.07, 6.45) is 1.45. The Morgan fingerprint density at radius 3 is 2.90 bits per heavy atom. The monoisotopic (exact) mass is 267 g/mol. The summed E-state index contributed by atoms with van der Waals surface area (Å²) >= 11 is 0. The molecule has 0 aliphatic rings. The smallest absolute Gasteiger partial charge is 0.273 e. The highest BCUT2D eigenvalue weighted by molar-refractivity contribution is 5.94. The number of nitrogens with zero attached hydrogens (tertiary/aromatic N) is 2. The van der Waals surface area contributed by atoms with Crippen LogP contribution in [0.15, 0.2) is 36.5 Å². The molecule has 2 rings (SSSR count). The van der Waals surface area contributed by atoms with E-state index in [1.807, 2.05) is 6.92 Å². The first kappa shape index (κ1) is 13.6. The Kier molecular flexibility index (Phi) is 3.96. The summed E-state index contributed by atoms with van der Waals surface area (Å²) in [5.41, 5.74) is 2.42. The van der Waals surface area contributed by atoms with Crippen molar-refractivity contribution >= 4 is 5.91 Å². The Morgan fingerprint density at radius 2 is 2.25 bits per heavy atom. The van der Waals surface area contributed by atoms with E-state index in [1.165, 1.54) is 12.3 Å². The summed E-state index contributed by atoms with van der Waals surface area (Å²) in [6.45, 7) is 2.19. The molecule has 0 aliphatic carbocycles. The summed E-state index contributed by atoms with van der Waals surface area (Å²) in [5, 5.41) is 21.0. The predicted octanol–water partition coefficient (Wildman–Crippen LogP) is 1.90. The molecule has 2 aromatic rings. The molecule has 5 heteroatoms. The van der Waals surface area contributed by atoms with Gasteiger partial charge in [-0.3, -0.25) is 4.79 Å². The average Bonchev–Trinajstić information content (AvgIpc) is 2.46. The molecule has 2 N–H and O–H groups in total. The number of nitriles is 1. The van der Waals surface area contributed by atoms with Crippen molar-refractivity contribution in [3.05, 3.63) is 58.9 Å². The van der Waals surface area contributed by atoms with Crippen LogP contribution < -0.4 is 5.32 Å². The number of aromatic nitrogens is 1. The predicted molar refractivity (Wildman–Crippen MR) is 73.0 cm³/mol. The molecule has 0 saturated carbocycles. The third-order valence-corrected chi connectivity index (χ3v) is 2.91. The van der Waals surface area contributed by atoms with Crippen LogP contribution in [0.4, 0.5) is 0 Å². The van der Waals surface area contributed by atoms with Gasteiger partial charge in [-0.1, -0.05) is 6.07 Å². The molecule has 0 fully saturated rings. The highest BCUT2D eigenvalue weighted by Gasteiger charge is 2.12. The van der Waals surface area contributed by atoms with Crippen molar-refractivity contribution < 1.29 is 9.90 Å². The second-order valence-electron chi connectivity index (χ2n) is 4.31. The first-order valence-corrected chi connectivity index (χ1v) is 6.03. The maximum atomic E-state index is 11.9. The van der Waals surface area contributed by atoms with Crippen LogP contribution in [0.1, 0.15) is 27.2 Å². The van der Waals surface area contributed by atoms with E-state index in [1.54, 1.807) is 24.3 Å². The van der Waals surface area contributed by atoms with Gasteiger partial charge in [-0.15, -0.1) is 0 Å². The van der Waals surface area contributed by atoms with Crippen molar-refractivity contribution in [1.29, 1.82) is 5.26 Å². The lowest BCUT2D eigenvalue weighted by Gasteiger charge is -2.08. The zero-order valence-corrected chi connectivity index (χ0v) is 10.9. The fraction of sp³-hybridized carbons (Fsp3) is 0.133. The molecule has 0 aliphatic heterocycles. The van der Waals surface area contributed by atoms with Crippen molar-refractivity contribution in [2.75, 3.05) is 0 Å². The van der Waals surface area contributed by atoms with Crippen LogP contribution in [-0.4, -0.2) is 16.0 Å². The second-order valence-corrected chi connectivity index (χ2v) is 4.31. The number of hydrogen-bond acceptors (Lipinski definition) is 4. The molecule has 0 unspecified atom stereocenters. The number of nitrogens with one attached hydrogen (secondary N) is 1. The summed E-state index contributed by atoms with van der Waals surface area (Å²) in [6, 6.07) is 10.3. The zero-order chi connectivity index (χ0) is 14.5. The van der Waals surface area contributed by atoms with Crippen molar-refractivity contribution in [2.45, 2.75) is 13.5 Å². The van der Waals surface area contributed by atoms with E-state index in [9.17, 15) is 9.90 Å². The van der Waals surface area contributed by atoms with Gasteiger partial charge in [-0.05, 0) is 42.3 Å². The molecule has 20 heavy (non-hydrogen) atoms. The maximum Gasteiger partial charge on any atom is 0.273 e. The number of rotatable bonds is 3. The van der Waals surface area contributed by atoms with E-state index in [0.29, 0.717) is 12.1 Å². The Bertz CT molecular complexity index is 690. The van der Waals surface area contributed by atoms with E-state index < -0.39 is 5.91 Å². The topological polar surface area (TPSA) is 86.0 Å².